The van der Waals surface area contributed by atoms with Crippen LogP contribution in [0.25, 0.3) is 0 Å². The molecule has 1 unspecified atom stereocenters. The Balaban J connectivity index is 2.03. The SMILES string of the molecule is CC(NCc1nccn1C)c1ccc(F)cc1Cl. The van der Waals surface area contributed by atoms with Gasteiger partial charge in [-0.3, -0.25) is 0 Å². The summed E-state index contributed by atoms with van der Waals surface area (Å²) in [4.78, 5) is 4.23. The van der Waals surface area contributed by atoms with Gasteiger partial charge in [0.1, 0.15) is 11.6 Å². The number of halogens is 2. The molecule has 1 atom stereocenters. The van der Waals surface area contributed by atoms with Crippen molar-refractivity contribution in [2.45, 2.75) is 19.5 Å². The van der Waals surface area contributed by atoms with E-state index in [2.05, 4.69) is 10.3 Å². The van der Waals surface area contributed by atoms with E-state index in [1.807, 2.05) is 24.7 Å². The van der Waals surface area contributed by atoms with E-state index < -0.39 is 0 Å². The molecule has 1 aromatic carbocycles. The van der Waals surface area contributed by atoms with E-state index in [4.69, 9.17) is 11.6 Å². The van der Waals surface area contributed by atoms with Gasteiger partial charge in [0, 0.05) is 30.5 Å². The van der Waals surface area contributed by atoms with Crippen LogP contribution in [0.15, 0.2) is 30.6 Å². The standard InChI is InChI=1S/C13H15ClFN3/c1-9(11-4-3-10(15)7-12(11)14)17-8-13-16-5-6-18(13)2/h3-7,9,17H,8H2,1-2H3. The number of aryl methyl sites for hydroxylation is 1. The van der Waals surface area contributed by atoms with Crippen LogP contribution in [0.4, 0.5) is 4.39 Å². The fourth-order valence-electron chi connectivity index (χ4n) is 1.77. The van der Waals surface area contributed by atoms with Crippen molar-refractivity contribution in [1.29, 1.82) is 0 Å². The molecular formula is C13H15ClFN3. The van der Waals surface area contributed by atoms with Gasteiger partial charge < -0.3 is 9.88 Å². The summed E-state index contributed by atoms with van der Waals surface area (Å²) in [5.74, 6) is 0.625. The molecule has 0 aliphatic rings. The normalized spacial score (nSPS) is 12.7. The molecular weight excluding hydrogens is 253 g/mol. The third-order valence-electron chi connectivity index (χ3n) is 2.92. The van der Waals surface area contributed by atoms with E-state index in [1.54, 1.807) is 12.3 Å². The Hall–Kier alpha value is -1.39. The van der Waals surface area contributed by atoms with Crippen molar-refractivity contribution in [3.8, 4) is 0 Å². The maximum Gasteiger partial charge on any atom is 0.124 e. The van der Waals surface area contributed by atoms with Crippen molar-refractivity contribution < 1.29 is 4.39 Å². The van der Waals surface area contributed by atoms with Crippen LogP contribution in [0.5, 0.6) is 0 Å². The van der Waals surface area contributed by atoms with Gasteiger partial charge in [-0.05, 0) is 24.6 Å². The highest BCUT2D eigenvalue weighted by Crippen LogP contribution is 2.23. The first-order chi connectivity index (χ1) is 8.58. The van der Waals surface area contributed by atoms with E-state index in [9.17, 15) is 4.39 Å². The Morgan fingerprint density at radius 3 is 2.89 bits per heavy atom. The first-order valence-electron chi connectivity index (χ1n) is 5.72. The summed E-state index contributed by atoms with van der Waals surface area (Å²) in [5, 5.41) is 3.75. The molecule has 0 amide bonds. The van der Waals surface area contributed by atoms with Crippen molar-refractivity contribution >= 4 is 11.6 Å². The zero-order chi connectivity index (χ0) is 13.1. The smallest absolute Gasteiger partial charge is 0.124 e. The molecule has 0 saturated carbocycles. The average Bonchev–Trinajstić information content (AvgIpc) is 2.72. The molecule has 18 heavy (non-hydrogen) atoms. The largest absolute Gasteiger partial charge is 0.337 e. The molecule has 96 valence electrons. The van der Waals surface area contributed by atoms with Gasteiger partial charge >= 0.3 is 0 Å². The predicted octanol–water partition coefficient (Wildman–Crippen LogP) is 3.06. The van der Waals surface area contributed by atoms with E-state index >= 15 is 0 Å². The molecule has 0 fully saturated rings. The zero-order valence-electron chi connectivity index (χ0n) is 10.3. The lowest BCUT2D eigenvalue weighted by molar-refractivity contribution is 0.547. The number of imidazole rings is 1. The lowest BCUT2D eigenvalue weighted by Gasteiger charge is -2.15. The second-order valence-electron chi connectivity index (χ2n) is 4.22. The first kappa shape index (κ1) is 13.1. The van der Waals surface area contributed by atoms with E-state index in [1.165, 1.54) is 12.1 Å². The topological polar surface area (TPSA) is 29.9 Å². The van der Waals surface area contributed by atoms with Gasteiger partial charge in [-0.15, -0.1) is 0 Å². The van der Waals surface area contributed by atoms with Gasteiger partial charge in [-0.25, -0.2) is 9.37 Å². The number of nitrogens with one attached hydrogen (secondary N) is 1. The van der Waals surface area contributed by atoms with Crippen LogP contribution in [0, 0.1) is 5.82 Å². The average molecular weight is 268 g/mol. The summed E-state index contributed by atoms with van der Waals surface area (Å²) in [7, 11) is 1.94. The van der Waals surface area contributed by atoms with Gasteiger partial charge in [-0.1, -0.05) is 17.7 Å². The Kier molecular flexibility index (Phi) is 3.99. The van der Waals surface area contributed by atoms with Crippen LogP contribution < -0.4 is 5.32 Å². The fraction of sp³-hybridized carbons (Fsp3) is 0.308. The Bertz CT molecular complexity index is 539. The first-order valence-corrected chi connectivity index (χ1v) is 6.10. The van der Waals surface area contributed by atoms with Crippen LogP contribution in [0.3, 0.4) is 0 Å². The van der Waals surface area contributed by atoms with Gasteiger partial charge in [0.25, 0.3) is 0 Å². The van der Waals surface area contributed by atoms with Crippen molar-refractivity contribution in [3.63, 3.8) is 0 Å². The number of nitrogens with zero attached hydrogens (tertiary/aromatic N) is 2. The number of hydrogen-bond acceptors (Lipinski definition) is 2. The molecule has 1 N–H and O–H groups in total. The molecule has 0 radical (unpaired) electrons. The highest BCUT2D eigenvalue weighted by Gasteiger charge is 2.10. The molecule has 1 heterocycles. The highest BCUT2D eigenvalue weighted by molar-refractivity contribution is 6.31. The molecule has 3 nitrogen and oxygen atoms in total. The predicted molar refractivity (Wildman–Crippen MR) is 69.9 cm³/mol. The third-order valence-corrected chi connectivity index (χ3v) is 3.24. The Labute approximate surface area is 111 Å². The molecule has 0 aliphatic carbocycles. The van der Waals surface area contributed by atoms with Crippen LogP contribution in [-0.4, -0.2) is 9.55 Å². The summed E-state index contributed by atoms with van der Waals surface area (Å²) in [6.45, 7) is 2.63. The lowest BCUT2D eigenvalue weighted by Crippen LogP contribution is -2.20. The quantitative estimate of drug-likeness (QED) is 0.923. The fourth-order valence-corrected chi connectivity index (χ4v) is 2.10. The third kappa shape index (κ3) is 2.89. The summed E-state index contributed by atoms with van der Waals surface area (Å²) in [6, 6.07) is 4.49. The number of rotatable bonds is 4. The van der Waals surface area contributed by atoms with Crippen LogP contribution >= 0.6 is 11.6 Å². The maximum absolute atomic E-state index is 13.0. The zero-order valence-corrected chi connectivity index (χ0v) is 11.1. The van der Waals surface area contributed by atoms with Crippen LogP contribution in [-0.2, 0) is 13.6 Å². The van der Waals surface area contributed by atoms with Gasteiger partial charge in [0.15, 0.2) is 0 Å². The van der Waals surface area contributed by atoms with Crippen molar-refractivity contribution in [1.82, 2.24) is 14.9 Å². The molecule has 2 aromatic rings. The summed E-state index contributed by atoms with van der Waals surface area (Å²) in [6.07, 6.45) is 3.65. The number of hydrogen-bond donors (Lipinski definition) is 1. The molecule has 0 saturated heterocycles. The summed E-state index contributed by atoms with van der Waals surface area (Å²) >= 11 is 6.02. The maximum atomic E-state index is 13.0. The van der Waals surface area contributed by atoms with Crippen molar-refractivity contribution in [2.24, 2.45) is 7.05 Å². The molecule has 0 spiro atoms. The molecule has 5 heteroatoms. The van der Waals surface area contributed by atoms with Crippen molar-refractivity contribution in [3.05, 3.63) is 52.8 Å². The van der Waals surface area contributed by atoms with Crippen molar-refractivity contribution in [2.75, 3.05) is 0 Å². The van der Waals surface area contributed by atoms with E-state index in [0.717, 1.165) is 11.4 Å². The van der Waals surface area contributed by atoms with E-state index in [-0.39, 0.29) is 11.9 Å². The second-order valence-corrected chi connectivity index (χ2v) is 4.63. The summed E-state index contributed by atoms with van der Waals surface area (Å²) < 4.78 is 14.9. The minimum Gasteiger partial charge on any atom is -0.337 e. The minimum absolute atomic E-state index is 0.0369. The highest BCUT2D eigenvalue weighted by atomic mass is 35.5. The lowest BCUT2D eigenvalue weighted by atomic mass is 10.1. The number of benzene rings is 1. The van der Waals surface area contributed by atoms with Gasteiger partial charge in [-0.2, -0.15) is 0 Å². The van der Waals surface area contributed by atoms with Crippen LogP contribution in [0.2, 0.25) is 5.02 Å². The van der Waals surface area contributed by atoms with E-state index in [0.29, 0.717) is 11.6 Å². The van der Waals surface area contributed by atoms with Gasteiger partial charge in [0.2, 0.25) is 0 Å². The Morgan fingerprint density at radius 1 is 1.50 bits per heavy atom. The Morgan fingerprint density at radius 2 is 2.28 bits per heavy atom. The minimum atomic E-state index is -0.319. The van der Waals surface area contributed by atoms with Gasteiger partial charge in [0.05, 0.1) is 6.54 Å². The molecule has 0 aliphatic heterocycles. The molecule has 1 aromatic heterocycles. The summed E-state index contributed by atoms with van der Waals surface area (Å²) in [5.41, 5.74) is 0.882. The molecule has 0 bridgehead atoms. The molecule has 2 rings (SSSR count). The second kappa shape index (κ2) is 5.50. The van der Waals surface area contributed by atoms with Crippen LogP contribution in [0.1, 0.15) is 24.4 Å². The number of aromatic nitrogens is 2. The monoisotopic (exact) mass is 267 g/mol.